The molecule has 2 heteroatoms. The maximum absolute atomic E-state index is 10.5. The summed E-state index contributed by atoms with van der Waals surface area (Å²) in [6, 6.07) is 8.20. The molecule has 0 fully saturated rings. The van der Waals surface area contributed by atoms with Crippen LogP contribution in [-0.4, -0.2) is 12.8 Å². The summed E-state index contributed by atoms with van der Waals surface area (Å²) in [6.07, 6.45) is 21.1. The number of carbonyl (C=O) groups excluding carboxylic acids is 1. The zero-order chi connectivity index (χ0) is 18.7. The van der Waals surface area contributed by atoms with Gasteiger partial charge in [-0.15, -0.1) is 0 Å². The molecule has 0 bridgehead atoms. The van der Waals surface area contributed by atoms with Gasteiger partial charge in [-0.05, 0) is 24.1 Å². The quantitative estimate of drug-likeness (QED) is 0.220. The molecule has 2 nitrogen and oxygen atoms in total. The Morgan fingerprint density at radius 3 is 1.62 bits per heavy atom. The van der Waals surface area contributed by atoms with E-state index < -0.39 is 0 Å². The highest BCUT2D eigenvalue weighted by atomic mass is 16.1. The lowest BCUT2D eigenvalue weighted by Gasteiger charge is -2.07. The lowest BCUT2D eigenvalue weighted by atomic mass is 10.0. The summed E-state index contributed by atoms with van der Waals surface area (Å²) in [5.41, 5.74) is 2.25. The normalized spacial score (nSPS) is 10.8. The molecule has 148 valence electrons. The van der Waals surface area contributed by atoms with Gasteiger partial charge in [0.1, 0.15) is 6.29 Å². The molecule has 0 unspecified atom stereocenters. The molecule has 0 aliphatic rings. The van der Waals surface area contributed by atoms with Crippen LogP contribution in [0.1, 0.15) is 102 Å². The van der Waals surface area contributed by atoms with E-state index in [-0.39, 0.29) is 0 Å². The van der Waals surface area contributed by atoms with Crippen LogP contribution in [0.2, 0.25) is 0 Å². The molecular formula is C24H41NO. The Labute approximate surface area is 162 Å². The maximum atomic E-state index is 10.5. The van der Waals surface area contributed by atoms with E-state index in [4.69, 9.17) is 0 Å². The Hall–Kier alpha value is -1.31. The molecule has 1 rings (SSSR count). The van der Waals surface area contributed by atoms with E-state index >= 15 is 0 Å². The maximum Gasteiger partial charge on any atom is 0.124 e. The largest absolute Gasteiger partial charge is 0.385 e. The summed E-state index contributed by atoms with van der Waals surface area (Å²) < 4.78 is 0. The number of aldehydes is 1. The van der Waals surface area contributed by atoms with Crippen LogP contribution in [0.25, 0.3) is 0 Å². The second kappa shape index (κ2) is 17.1. The van der Waals surface area contributed by atoms with E-state index in [1.165, 1.54) is 89.9 Å². The van der Waals surface area contributed by atoms with E-state index in [1.807, 2.05) is 12.1 Å². The van der Waals surface area contributed by atoms with Gasteiger partial charge in [-0.3, -0.25) is 0 Å². The van der Waals surface area contributed by atoms with Crippen LogP contribution in [0.4, 0.5) is 5.69 Å². The molecule has 0 aliphatic carbocycles. The van der Waals surface area contributed by atoms with Crippen molar-refractivity contribution in [1.29, 1.82) is 0 Å². The number of anilines is 1. The van der Waals surface area contributed by atoms with Crippen LogP contribution in [-0.2, 0) is 11.2 Å². The van der Waals surface area contributed by atoms with Crippen LogP contribution >= 0.6 is 0 Å². The third kappa shape index (κ3) is 13.0. The van der Waals surface area contributed by atoms with E-state index in [1.54, 1.807) is 0 Å². The first-order chi connectivity index (χ1) is 12.9. The van der Waals surface area contributed by atoms with Crippen LogP contribution in [0, 0.1) is 0 Å². The Kier molecular flexibility index (Phi) is 15.0. The predicted octanol–water partition coefficient (Wildman–Crippen LogP) is 7.32. The van der Waals surface area contributed by atoms with Crippen molar-refractivity contribution in [2.24, 2.45) is 0 Å². The molecule has 0 heterocycles. The minimum Gasteiger partial charge on any atom is -0.385 e. The van der Waals surface area contributed by atoms with Crippen LogP contribution < -0.4 is 5.32 Å². The minimum absolute atomic E-state index is 0.513. The van der Waals surface area contributed by atoms with E-state index in [0.29, 0.717) is 6.42 Å². The highest BCUT2D eigenvalue weighted by Crippen LogP contribution is 2.13. The summed E-state index contributed by atoms with van der Waals surface area (Å²) in [4.78, 5) is 10.5. The minimum atomic E-state index is 0.513. The molecule has 1 aromatic rings. The van der Waals surface area contributed by atoms with Gasteiger partial charge in [-0.1, -0.05) is 103 Å². The fourth-order valence-electron chi connectivity index (χ4n) is 3.41. The topological polar surface area (TPSA) is 29.1 Å². The molecule has 0 aliphatic heterocycles. The number of carbonyl (C=O) groups is 1. The molecule has 0 atom stereocenters. The average molecular weight is 360 g/mol. The lowest BCUT2D eigenvalue weighted by Crippen LogP contribution is -2.01. The van der Waals surface area contributed by atoms with Crippen molar-refractivity contribution in [2.45, 2.75) is 103 Å². The molecule has 1 aromatic carbocycles. The fraction of sp³-hybridized carbons (Fsp3) is 0.708. The molecule has 0 spiro atoms. The standard InChI is InChI=1S/C24H41NO/c1-2-3-4-5-6-7-8-9-10-11-12-13-14-15-21-25-24-18-16-23(17-19-24)20-22-26/h16-19,22,25H,2-15,20-21H2,1H3. The third-order valence-corrected chi connectivity index (χ3v) is 5.13. The summed E-state index contributed by atoms with van der Waals surface area (Å²) in [6.45, 7) is 3.33. The molecule has 0 radical (unpaired) electrons. The summed E-state index contributed by atoms with van der Waals surface area (Å²) in [7, 11) is 0. The monoisotopic (exact) mass is 359 g/mol. The Bertz CT molecular complexity index is 426. The van der Waals surface area contributed by atoms with Gasteiger partial charge in [0.05, 0.1) is 0 Å². The zero-order valence-electron chi connectivity index (χ0n) is 17.1. The number of rotatable bonds is 18. The lowest BCUT2D eigenvalue weighted by molar-refractivity contribution is -0.107. The van der Waals surface area contributed by atoms with Gasteiger partial charge in [0.15, 0.2) is 0 Å². The van der Waals surface area contributed by atoms with E-state index in [2.05, 4.69) is 24.4 Å². The average Bonchev–Trinajstić information content (AvgIpc) is 2.66. The first-order valence-corrected chi connectivity index (χ1v) is 11.1. The van der Waals surface area contributed by atoms with Gasteiger partial charge in [-0.25, -0.2) is 0 Å². The molecule has 0 aromatic heterocycles. The highest BCUT2D eigenvalue weighted by molar-refractivity contribution is 5.56. The van der Waals surface area contributed by atoms with Crippen molar-refractivity contribution in [1.82, 2.24) is 0 Å². The first kappa shape index (κ1) is 22.7. The van der Waals surface area contributed by atoms with E-state index in [0.717, 1.165) is 24.1 Å². The van der Waals surface area contributed by atoms with Gasteiger partial charge in [0, 0.05) is 18.7 Å². The van der Waals surface area contributed by atoms with Crippen molar-refractivity contribution in [2.75, 3.05) is 11.9 Å². The number of nitrogens with one attached hydrogen (secondary N) is 1. The van der Waals surface area contributed by atoms with Gasteiger partial charge in [0.2, 0.25) is 0 Å². The number of hydrogen-bond donors (Lipinski definition) is 1. The van der Waals surface area contributed by atoms with Crippen molar-refractivity contribution >= 4 is 12.0 Å². The van der Waals surface area contributed by atoms with Crippen molar-refractivity contribution in [3.8, 4) is 0 Å². The number of benzene rings is 1. The smallest absolute Gasteiger partial charge is 0.124 e. The van der Waals surface area contributed by atoms with Crippen molar-refractivity contribution in [3.05, 3.63) is 29.8 Å². The van der Waals surface area contributed by atoms with Crippen LogP contribution in [0.15, 0.2) is 24.3 Å². The molecule has 26 heavy (non-hydrogen) atoms. The Morgan fingerprint density at radius 2 is 1.15 bits per heavy atom. The molecule has 0 amide bonds. The third-order valence-electron chi connectivity index (χ3n) is 5.13. The summed E-state index contributed by atoms with van der Waals surface area (Å²) in [5.74, 6) is 0. The SMILES string of the molecule is CCCCCCCCCCCCCCCCNc1ccc(CC=O)cc1. The van der Waals surface area contributed by atoms with Gasteiger partial charge in [0.25, 0.3) is 0 Å². The van der Waals surface area contributed by atoms with Crippen LogP contribution in [0.5, 0.6) is 0 Å². The zero-order valence-corrected chi connectivity index (χ0v) is 17.1. The van der Waals surface area contributed by atoms with Crippen molar-refractivity contribution in [3.63, 3.8) is 0 Å². The molecule has 0 saturated heterocycles. The van der Waals surface area contributed by atoms with Gasteiger partial charge in [-0.2, -0.15) is 0 Å². The fourth-order valence-corrected chi connectivity index (χ4v) is 3.41. The number of hydrogen-bond acceptors (Lipinski definition) is 2. The summed E-state index contributed by atoms with van der Waals surface area (Å²) in [5, 5.41) is 3.47. The van der Waals surface area contributed by atoms with Gasteiger partial charge < -0.3 is 10.1 Å². The summed E-state index contributed by atoms with van der Waals surface area (Å²) >= 11 is 0. The highest BCUT2D eigenvalue weighted by Gasteiger charge is 1.96. The predicted molar refractivity (Wildman–Crippen MR) is 115 cm³/mol. The molecule has 0 saturated carbocycles. The van der Waals surface area contributed by atoms with Crippen molar-refractivity contribution < 1.29 is 4.79 Å². The van der Waals surface area contributed by atoms with E-state index in [9.17, 15) is 4.79 Å². The second-order valence-corrected chi connectivity index (χ2v) is 7.59. The Morgan fingerprint density at radius 1 is 0.692 bits per heavy atom. The molecule has 1 N–H and O–H groups in total. The second-order valence-electron chi connectivity index (χ2n) is 7.59. The van der Waals surface area contributed by atoms with Gasteiger partial charge >= 0.3 is 0 Å². The number of unbranched alkanes of at least 4 members (excludes halogenated alkanes) is 13. The molecular weight excluding hydrogens is 318 g/mol. The Balaban J connectivity index is 1.81. The first-order valence-electron chi connectivity index (χ1n) is 11.1. The van der Waals surface area contributed by atoms with Crippen LogP contribution in [0.3, 0.4) is 0 Å².